The Labute approximate surface area is 201 Å². The van der Waals surface area contributed by atoms with Crippen molar-refractivity contribution in [2.75, 3.05) is 19.7 Å². The van der Waals surface area contributed by atoms with E-state index in [1.54, 1.807) is 6.08 Å². The Morgan fingerprint density at radius 3 is 2.41 bits per heavy atom. The minimum absolute atomic E-state index is 0.0465. The first-order chi connectivity index (χ1) is 16.6. The molecular weight excluding hydrogens is 422 g/mol. The van der Waals surface area contributed by atoms with E-state index < -0.39 is 0 Å². The molecule has 4 heteroatoms. The fraction of sp³-hybridized carbons (Fsp3) is 0.300. The lowest BCUT2D eigenvalue weighted by molar-refractivity contribution is -0.126. The van der Waals surface area contributed by atoms with Crippen molar-refractivity contribution in [3.63, 3.8) is 0 Å². The van der Waals surface area contributed by atoms with Crippen LogP contribution in [0, 0.1) is 0 Å². The molecule has 1 aromatic heterocycles. The Morgan fingerprint density at radius 2 is 1.68 bits per heavy atom. The van der Waals surface area contributed by atoms with Crippen molar-refractivity contribution in [3.8, 4) is 16.9 Å². The summed E-state index contributed by atoms with van der Waals surface area (Å²) in [5.41, 5.74) is 4.74. The number of hydrogen-bond donors (Lipinski definition) is 0. The first kappa shape index (κ1) is 23.6. The van der Waals surface area contributed by atoms with Crippen LogP contribution in [0.4, 0.5) is 0 Å². The second-order valence-electron chi connectivity index (χ2n) is 8.61. The first-order valence-corrected chi connectivity index (χ1v) is 12.2. The Bertz CT molecular complexity index is 1320. The molecule has 0 N–H and O–H groups in total. The zero-order valence-electron chi connectivity index (χ0n) is 20.6. The number of carbonyl (C=O) groups is 1. The van der Waals surface area contributed by atoms with Crippen molar-refractivity contribution in [3.05, 3.63) is 72.5 Å². The predicted octanol–water partition coefficient (Wildman–Crippen LogP) is 7.70. The highest BCUT2D eigenvalue weighted by atomic mass is 16.5. The van der Waals surface area contributed by atoms with Crippen molar-refractivity contribution in [2.24, 2.45) is 0 Å². The molecule has 0 spiro atoms. The van der Waals surface area contributed by atoms with Gasteiger partial charge in [-0.15, -0.1) is 0 Å². The number of allylic oxidation sites excluding steroid dienone is 1. The molecule has 0 atom stereocenters. The van der Waals surface area contributed by atoms with Gasteiger partial charge in [0.2, 0.25) is 5.91 Å². The van der Waals surface area contributed by atoms with Gasteiger partial charge in [0.1, 0.15) is 11.3 Å². The minimum Gasteiger partial charge on any atom is -0.493 e. The molecule has 34 heavy (non-hydrogen) atoms. The Hall–Kier alpha value is -3.53. The zero-order chi connectivity index (χ0) is 24.1. The molecule has 0 unspecified atom stereocenters. The number of rotatable bonds is 9. The van der Waals surface area contributed by atoms with Crippen molar-refractivity contribution >= 4 is 33.2 Å². The van der Waals surface area contributed by atoms with Gasteiger partial charge >= 0.3 is 0 Å². The normalized spacial score (nSPS) is 11.8. The highest BCUT2D eigenvalue weighted by Crippen LogP contribution is 2.39. The van der Waals surface area contributed by atoms with Crippen LogP contribution in [0.3, 0.4) is 0 Å². The van der Waals surface area contributed by atoms with Gasteiger partial charge in [-0.2, -0.15) is 0 Å². The fourth-order valence-electron chi connectivity index (χ4n) is 4.53. The van der Waals surface area contributed by atoms with Crippen LogP contribution in [-0.4, -0.2) is 30.5 Å². The summed E-state index contributed by atoms with van der Waals surface area (Å²) in [6.45, 7) is 10.2. The highest BCUT2D eigenvalue weighted by molar-refractivity contribution is 6.06. The van der Waals surface area contributed by atoms with E-state index in [0.29, 0.717) is 6.61 Å². The van der Waals surface area contributed by atoms with E-state index in [1.807, 2.05) is 31.1 Å². The number of nitrogens with zero attached hydrogens (tertiary/aromatic N) is 1. The third-order valence-corrected chi connectivity index (χ3v) is 6.12. The minimum atomic E-state index is 0.0465. The number of fused-ring (bicyclic) bond motifs is 2. The third-order valence-electron chi connectivity index (χ3n) is 6.12. The second kappa shape index (κ2) is 10.6. The van der Waals surface area contributed by atoms with Gasteiger partial charge in [0.15, 0.2) is 0 Å². The van der Waals surface area contributed by atoms with E-state index in [9.17, 15) is 4.79 Å². The molecule has 3 aromatic carbocycles. The van der Waals surface area contributed by atoms with Crippen LogP contribution >= 0.6 is 0 Å². The number of carbonyl (C=O) groups excluding carboxylic acids is 1. The van der Waals surface area contributed by atoms with E-state index in [-0.39, 0.29) is 5.91 Å². The molecule has 0 saturated carbocycles. The molecule has 0 bridgehead atoms. The lowest BCUT2D eigenvalue weighted by atomic mass is 9.96. The largest absolute Gasteiger partial charge is 0.493 e. The maximum Gasteiger partial charge on any atom is 0.246 e. The molecule has 4 rings (SSSR count). The Kier molecular flexibility index (Phi) is 7.36. The molecule has 0 radical (unpaired) electrons. The van der Waals surface area contributed by atoms with Crippen molar-refractivity contribution < 1.29 is 13.9 Å². The van der Waals surface area contributed by atoms with Crippen LogP contribution in [0.1, 0.15) is 46.1 Å². The van der Waals surface area contributed by atoms with Crippen molar-refractivity contribution in [2.45, 2.75) is 40.5 Å². The number of furan rings is 1. The fourth-order valence-corrected chi connectivity index (χ4v) is 4.53. The van der Waals surface area contributed by atoms with Gasteiger partial charge < -0.3 is 14.1 Å². The van der Waals surface area contributed by atoms with Crippen LogP contribution < -0.4 is 4.74 Å². The van der Waals surface area contributed by atoms with Crippen LogP contribution in [0.5, 0.6) is 5.75 Å². The molecule has 4 nitrogen and oxygen atoms in total. The van der Waals surface area contributed by atoms with E-state index in [1.165, 1.54) is 10.8 Å². The molecular formula is C30H33NO3. The van der Waals surface area contributed by atoms with Gasteiger partial charge in [-0.1, -0.05) is 56.3 Å². The van der Waals surface area contributed by atoms with Gasteiger partial charge in [-0.3, -0.25) is 4.79 Å². The van der Waals surface area contributed by atoms with Gasteiger partial charge in [-0.25, -0.2) is 0 Å². The summed E-state index contributed by atoms with van der Waals surface area (Å²) < 4.78 is 11.9. The smallest absolute Gasteiger partial charge is 0.246 e. The van der Waals surface area contributed by atoms with E-state index in [2.05, 4.69) is 62.4 Å². The summed E-state index contributed by atoms with van der Waals surface area (Å²) in [4.78, 5) is 14.9. The van der Waals surface area contributed by atoms with Crippen LogP contribution in [0.2, 0.25) is 0 Å². The van der Waals surface area contributed by atoms with E-state index >= 15 is 0 Å². The first-order valence-electron chi connectivity index (χ1n) is 12.2. The highest BCUT2D eigenvalue weighted by Gasteiger charge is 2.17. The standard InChI is InChI=1S/C30H33NO3/c1-5-15-31(16-6-2)30(32)17-21(4)25-18-26-27(20-34-29(26)19-28(25)33-7-3)24-14-10-12-22-11-8-9-13-23(22)24/h8-14,17-20H,5-7,15-16H2,1-4H3/b21-17+. The summed E-state index contributed by atoms with van der Waals surface area (Å²) >= 11 is 0. The average molecular weight is 456 g/mol. The van der Waals surface area contributed by atoms with Crippen molar-refractivity contribution in [1.82, 2.24) is 4.90 Å². The quantitative estimate of drug-likeness (QED) is 0.243. The SMILES string of the molecule is CCCN(CCC)C(=O)/C=C(\C)c1cc2c(-c3cccc4ccccc34)coc2cc1OCC. The Morgan fingerprint density at radius 1 is 0.941 bits per heavy atom. The van der Waals surface area contributed by atoms with Gasteiger partial charge in [0.25, 0.3) is 0 Å². The second-order valence-corrected chi connectivity index (χ2v) is 8.61. The molecule has 0 aliphatic rings. The molecule has 1 heterocycles. The van der Waals surface area contributed by atoms with Crippen LogP contribution in [-0.2, 0) is 4.79 Å². The molecule has 4 aromatic rings. The number of amides is 1. The summed E-state index contributed by atoms with van der Waals surface area (Å²) in [6, 6.07) is 18.7. The van der Waals surface area contributed by atoms with Gasteiger partial charge in [0, 0.05) is 41.7 Å². The van der Waals surface area contributed by atoms with Gasteiger partial charge in [-0.05, 0) is 54.7 Å². The van der Waals surface area contributed by atoms with Crippen LogP contribution in [0.15, 0.2) is 71.4 Å². The molecule has 0 saturated heterocycles. The summed E-state index contributed by atoms with van der Waals surface area (Å²) in [6.07, 6.45) is 5.45. The predicted molar refractivity (Wildman–Crippen MR) is 141 cm³/mol. The van der Waals surface area contributed by atoms with E-state index in [4.69, 9.17) is 9.15 Å². The summed E-state index contributed by atoms with van der Waals surface area (Å²) in [7, 11) is 0. The van der Waals surface area contributed by atoms with E-state index in [0.717, 1.165) is 64.9 Å². The molecule has 176 valence electrons. The topological polar surface area (TPSA) is 42.7 Å². The number of hydrogen-bond acceptors (Lipinski definition) is 3. The third kappa shape index (κ3) is 4.72. The Balaban J connectivity index is 1.83. The average Bonchev–Trinajstić information content (AvgIpc) is 3.25. The van der Waals surface area contributed by atoms with Crippen LogP contribution in [0.25, 0.3) is 38.4 Å². The number of ether oxygens (including phenoxy) is 1. The molecule has 1 amide bonds. The summed E-state index contributed by atoms with van der Waals surface area (Å²) in [5.74, 6) is 0.776. The van der Waals surface area contributed by atoms with Crippen molar-refractivity contribution in [1.29, 1.82) is 0 Å². The summed E-state index contributed by atoms with van der Waals surface area (Å²) in [5, 5.41) is 3.38. The lowest BCUT2D eigenvalue weighted by Crippen LogP contribution is -2.31. The molecule has 0 aliphatic carbocycles. The maximum atomic E-state index is 13.0. The maximum absolute atomic E-state index is 13.0. The number of benzene rings is 3. The zero-order valence-corrected chi connectivity index (χ0v) is 20.6. The molecule has 0 fully saturated rings. The monoisotopic (exact) mass is 455 g/mol. The molecule has 0 aliphatic heterocycles. The lowest BCUT2D eigenvalue weighted by Gasteiger charge is -2.20. The van der Waals surface area contributed by atoms with Gasteiger partial charge in [0.05, 0.1) is 12.9 Å².